The zero-order chi connectivity index (χ0) is 16.1. The van der Waals surface area contributed by atoms with Gasteiger partial charge in [0.05, 0.1) is 6.61 Å². The van der Waals surface area contributed by atoms with Gasteiger partial charge in [0, 0.05) is 23.8 Å². The summed E-state index contributed by atoms with van der Waals surface area (Å²) in [4.78, 5) is 15.6. The van der Waals surface area contributed by atoms with Crippen LogP contribution in [0.5, 0.6) is 0 Å². The molecule has 8 heteroatoms. The maximum atomic E-state index is 13.1. The highest BCUT2D eigenvalue weighted by Crippen LogP contribution is 2.28. The maximum absolute atomic E-state index is 13.1. The highest BCUT2D eigenvalue weighted by molar-refractivity contribution is 7.99. The fraction of sp³-hybridized carbons (Fsp3) is 0.286. The van der Waals surface area contributed by atoms with Crippen LogP contribution in [-0.4, -0.2) is 27.9 Å². The number of rotatable bonds is 6. The molecule has 2 rings (SSSR count). The van der Waals surface area contributed by atoms with E-state index in [-0.39, 0.29) is 23.7 Å². The van der Waals surface area contributed by atoms with Gasteiger partial charge in [0.2, 0.25) is 5.95 Å². The van der Waals surface area contributed by atoms with Gasteiger partial charge in [-0.1, -0.05) is 11.8 Å². The van der Waals surface area contributed by atoms with Crippen LogP contribution in [0.1, 0.15) is 23.0 Å². The number of carbonyl (C=O) groups is 1. The van der Waals surface area contributed by atoms with Gasteiger partial charge < -0.3 is 9.30 Å². The minimum atomic E-state index is -2.59. The molecule has 0 aliphatic rings. The van der Waals surface area contributed by atoms with Crippen molar-refractivity contribution >= 4 is 17.7 Å². The molecule has 0 aliphatic heterocycles. The quantitative estimate of drug-likeness (QED) is 0.461. The van der Waals surface area contributed by atoms with Crippen LogP contribution in [0.25, 0.3) is 0 Å². The predicted molar refractivity (Wildman–Crippen MR) is 75.5 cm³/mol. The van der Waals surface area contributed by atoms with Crippen LogP contribution in [0.3, 0.4) is 0 Å². The van der Waals surface area contributed by atoms with E-state index in [1.165, 1.54) is 29.1 Å². The number of hydrogen-bond acceptors (Lipinski definition) is 4. The molecule has 0 aromatic carbocycles. The highest BCUT2D eigenvalue weighted by atomic mass is 32.2. The molecule has 22 heavy (non-hydrogen) atoms. The minimum absolute atomic E-state index is 0.141. The third-order valence-corrected chi connectivity index (χ3v) is 3.40. The Kier molecular flexibility index (Phi) is 5.48. The van der Waals surface area contributed by atoms with Gasteiger partial charge in [0.15, 0.2) is 0 Å². The molecule has 0 saturated heterocycles. The average molecular weight is 330 g/mol. The zero-order valence-electron chi connectivity index (χ0n) is 11.6. The van der Waals surface area contributed by atoms with Gasteiger partial charge in [-0.3, -0.25) is 0 Å². The summed E-state index contributed by atoms with van der Waals surface area (Å²) in [5.74, 6) is -3.85. The summed E-state index contributed by atoms with van der Waals surface area (Å²) in [6, 6.07) is 4.14. The van der Waals surface area contributed by atoms with Gasteiger partial charge in [-0.2, -0.15) is 13.2 Å². The summed E-state index contributed by atoms with van der Waals surface area (Å²) < 4.78 is 44.4. The molecular formula is C14H13F3N2O2S. The summed E-state index contributed by atoms with van der Waals surface area (Å²) >= 11 is 0.334. The van der Waals surface area contributed by atoms with E-state index >= 15 is 0 Å². The lowest BCUT2D eigenvalue weighted by Gasteiger charge is -2.08. The van der Waals surface area contributed by atoms with Crippen molar-refractivity contribution in [1.82, 2.24) is 9.55 Å². The Hall–Kier alpha value is -1.96. The van der Waals surface area contributed by atoms with Gasteiger partial charge in [0.1, 0.15) is 5.69 Å². The number of alkyl halides is 2. The summed E-state index contributed by atoms with van der Waals surface area (Å²) in [6.45, 7) is 1.97. The van der Waals surface area contributed by atoms with Crippen LogP contribution in [-0.2, 0) is 11.3 Å². The molecule has 0 fully saturated rings. The van der Waals surface area contributed by atoms with Crippen molar-refractivity contribution in [2.75, 3.05) is 6.61 Å². The van der Waals surface area contributed by atoms with E-state index in [2.05, 4.69) is 4.98 Å². The Morgan fingerprint density at radius 2 is 2.23 bits per heavy atom. The van der Waals surface area contributed by atoms with Gasteiger partial charge >= 0.3 is 5.97 Å². The first-order valence-electron chi connectivity index (χ1n) is 6.42. The third kappa shape index (κ3) is 4.27. The smallest absolute Gasteiger partial charge is 0.354 e. The number of pyridine rings is 1. The second-order valence-corrected chi connectivity index (χ2v) is 5.34. The number of esters is 1. The first-order chi connectivity index (χ1) is 10.5. The molecule has 2 aromatic heterocycles. The van der Waals surface area contributed by atoms with Gasteiger partial charge in [0.25, 0.3) is 5.76 Å². The Morgan fingerprint density at radius 1 is 1.45 bits per heavy atom. The Morgan fingerprint density at radius 3 is 2.86 bits per heavy atom. The van der Waals surface area contributed by atoms with Crippen molar-refractivity contribution in [2.45, 2.75) is 24.1 Å². The Labute approximate surface area is 129 Å². The lowest BCUT2D eigenvalue weighted by molar-refractivity contribution is 0.0514. The number of aromatic nitrogens is 2. The molecule has 0 unspecified atom stereocenters. The van der Waals surface area contributed by atoms with Crippen molar-refractivity contribution in [3.8, 4) is 0 Å². The van der Waals surface area contributed by atoms with Crippen molar-refractivity contribution in [1.29, 1.82) is 0 Å². The Balaban J connectivity index is 2.30. The van der Waals surface area contributed by atoms with E-state index in [4.69, 9.17) is 4.74 Å². The molecular weight excluding hydrogens is 317 g/mol. The van der Waals surface area contributed by atoms with E-state index in [9.17, 15) is 18.0 Å². The number of carbonyl (C=O) groups excluding carboxylic acids is 1. The molecule has 0 N–H and O–H groups in total. The van der Waals surface area contributed by atoms with Crippen LogP contribution < -0.4 is 0 Å². The number of ether oxygens (including phenoxy) is 1. The highest BCUT2D eigenvalue weighted by Gasteiger charge is 2.17. The van der Waals surface area contributed by atoms with Crippen LogP contribution >= 0.6 is 11.8 Å². The fourth-order valence-electron chi connectivity index (χ4n) is 1.90. The lowest BCUT2D eigenvalue weighted by atomic mass is 10.2. The normalized spacial score (nSPS) is 11.0. The lowest BCUT2D eigenvalue weighted by Crippen LogP contribution is -2.12. The summed E-state index contributed by atoms with van der Waals surface area (Å²) in [6.07, 6.45) is 2.72. The number of halogens is 3. The second-order valence-electron chi connectivity index (χ2n) is 4.27. The molecule has 0 spiro atoms. The predicted octanol–water partition coefficient (Wildman–Crippen LogP) is 3.56. The summed E-state index contributed by atoms with van der Waals surface area (Å²) in [5, 5.41) is 0. The van der Waals surface area contributed by atoms with Gasteiger partial charge in [-0.05, 0) is 30.7 Å². The van der Waals surface area contributed by atoms with E-state index in [1.54, 1.807) is 13.0 Å². The van der Waals surface area contributed by atoms with Crippen LogP contribution in [0, 0.1) is 5.95 Å². The average Bonchev–Trinajstić information content (AvgIpc) is 2.81. The molecule has 0 amide bonds. The van der Waals surface area contributed by atoms with Crippen LogP contribution in [0.4, 0.5) is 13.2 Å². The monoisotopic (exact) mass is 330 g/mol. The van der Waals surface area contributed by atoms with Crippen molar-refractivity contribution in [2.24, 2.45) is 0 Å². The standard InChI is InChI=1S/C14H13F3N2O2S/c1-2-21-13(20)11-6-10(22-14(16)17)8-19(11)7-9-3-4-18-12(15)5-9/h3-6,8,14H,2,7H2,1H3. The zero-order valence-corrected chi connectivity index (χ0v) is 12.4. The SMILES string of the molecule is CCOC(=O)c1cc(SC(F)F)cn1Cc1ccnc(F)c1. The molecule has 0 bridgehead atoms. The number of thioether (sulfide) groups is 1. The molecule has 0 saturated carbocycles. The largest absolute Gasteiger partial charge is 0.461 e. The van der Waals surface area contributed by atoms with Crippen molar-refractivity contribution in [3.63, 3.8) is 0 Å². The summed E-state index contributed by atoms with van der Waals surface area (Å²) in [7, 11) is 0. The van der Waals surface area contributed by atoms with E-state index in [0.29, 0.717) is 17.3 Å². The van der Waals surface area contributed by atoms with Gasteiger partial charge in [-0.15, -0.1) is 0 Å². The first kappa shape index (κ1) is 16.4. The molecule has 0 radical (unpaired) electrons. The molecule has 0 atom stereocenters. The molecule has 4 nitrogen and oxygen atoms in total. The molecule has 118 valence electrons. The molecule has 2 aromatic rings. The minimum Gasteiger partial charge on any atom is -0.461 e. The number of nitrogens with zero attached hydrogens (tertiary/aromatic N) is 2. The Bertz CT molecular complexity index is 661. The first-order valence-corrected chi connectivity index (χ1v) is 7.30. The van der Waals surface area contributed by atoms with E-state index < -0.39 is 17.7 Å². The van der Waals surface area contributed by atoms with E-state index in [1.807, 2.05) is 0 Å². The van der Waals surface area contributed by atoms with Crippen molar-refractivity contribution in [3.05, 3.63) is 47.8 Å². The maximum Gasteiger partial charge on any atom is 0.354 e. The second kappa shape index (κ2) is 7.35. The molecule has 0 aliphatic carbocycles. The molecule has 2 heterocycles. The van der Waals surface area contributed by atoms with Crippen LogP contribution in [0.15, 0.2) is 35.5 Å². The summed E-state index contributed by atoms with van der Waals surface area (Å²) in [5.41, 5.74) is 0.699. The number of hydrogen-bond donors (Lipinski definition) is 0. The van der Waals surface area contributed by atoms with Gasteiger partial charge in [-0.25, -0.2) is 9.78 Å². The third-order valence-electron chi connectivity index (χ3n) is 2.73. The van der Waals surface area contributed by atoms with E-state index in [0.717, 1.165) is 0 Å². The van der Waals surface area contributed by atoms with Crippen molar-refractivity contribution < 1.29 is 22.7 Å². The fourth-order valence-corrected chi connectivity index (χ4v) is 2.47. The van der Waals surface area contributed by atoms with Crippen LogP contribution in [0.2, 0.25) is 0 Å². The topological polar surface area (TPSA) is 44.1 Å².